The van der Waals surface area contributed by atoms with Crippen molar-refractivity contribution < 1.29 is 4.79 Å². The van der Waals surface area contributed by atoms with Gasteiger partial charge in [0.1, 0.15) is 6.29 Å². The lowest BCUT2D eigenvalue weighted by Crippen LogP contribution is -1.78. The zero-order valence-electron chi connectivity index (χ0n) is 10.1. The van der Waals surface area contributed by atoms with E-state index in [4.69, 9.17) is 0 Å². The minimum absolute atomic E-state index is 0.638. The Morgan fingerprint density at radius 1 is 1.11 bits per heavy atom. The van der Waals surface area contributed by atoms with E-state index in [0.717, 1.165) is 28.4 Å². The first-order valence-corrected chi connectivity index (χ1v) is 5.88. The fourth-order valence-electron chi connectivity index (χ4n) is 1.91. The number of carbonyl (C=O) groups excluding carboxylic acids is 1. The van der Waals surface area contributed by atoms with Gasteiger partial charge in [-0.25, -0.2) is 0 Å². The van der Waals surface area contributed by atoms with E-state index in [1.54, 1.807) is 24.5 Å². The molecule has 1 aromatic carbocycles. The summed E-state index contributed by atoms with van der Waals surface area (Å²) < 4.78 is 0. The Morgan fingerprint density at radius 3 is 2.84 bits per heavy atom. The van der Waals surface area contributed by atoms with Crippen LogP contribution in [0.4, 0.5) is 0 Å². The number of hydrogen-bond donors (Lipinski definition) is 1. The van der Waals surface area contributed by atoms with E-state index in [-0.39, 0.29) is 0 Å². The average Bonchev–Trinajstić information content (AvgIpc) is 2.88. The Kier molecular flexibility index (Phi) is 2.90. The predicted octanol–water partition coefficient (Wildman–Crippen LogP) is 2.94. The maximum Gasteiger partial charge on any atom is 0.150 e. The predicted molar refractivity (Wildman–Crippen MR) is 74.6 cm³/mol. The Bertz CT molecular complexity index is 744. The van der Waals surface area contributed by atoms with E-state index in [0.29, 0.717) is 5.56 Å². The van der Waals surface area contributed by atoms with E-state index in [2.05, 4.69) is 15.2 Å². The quantitative estimate of drug-likeness (QED) is 0.726. The number of pyridine rings is 1. The van der Waals surface area contributed by atoms with Crippen LogP contribution in [0.2, 0.25) is 0 Å². The van der Waals surface area contributed by atoms with Gasteiger partial charge in [0.2, 0.25) is 0 Å². The van der Waals surface area contributed by atoms with E-state index in [1.807, 2.05) is 30.4 Å². The minimum Gasteiger partial charge on any atom is -0.298 e. The molecule has 2 aromatic heterocycles. The van der Waals surface area contributed by atoms with Crippen LogP contribution < -0.4 is 0 Å². The van der Waals surface area contributed by atoms with Gasteiger partial charge in [0, 0.05) is 23.3 Å². The van der Waals surface area contributed by atoms with Crippen molar-refractivity contribution in [1.29, 1.82) is 0 Å². The van der Waals surface area contributed by atoms with Crippen molar-refractivity contribution in [3.63, 3.8) is 0 Å². The normalized spacial score (nSPS) is 11.2. The summed E-state index contributed by atoms with van der Waals surface area (Å²) in [6.45, 7) is 0. The summed E-state index contributed by atoms with van der Waals surface area (Å²) in [5.74, 6) is 0. The summed E-state index contributed by atoms with van der Waals surface area (Å²) in [5, 5.41) is 8.15. The largest absolute Gasteiger partial charge is 0.298 e. The number of nitrogens with one attached hydrogen (secondary N) is 1. The Labute approximate surface area is 109 Å². The number of fused-ring (bicyclic) bond motifs is 1. The third kappa shape index (κ3) is 2.28. The van der Waals surface area contributed by atoms with Gasteiger partial charge in [-0.1, -0.05) is 18.2 Å². The molecule has 0 aliphatic heterocycles. The molecular weight excluding hydrogens is 238 g/mol. The van der Waals surface area contributed by atoms with Crippen molar-refractivity contribution in [3.05, 3.63) is 59.5 Å². The molecule has 0 aliphatic carbocycles. The highest BCUT2D eigenvalue weighted by molar-refractivity contribution is 5.92. The molecule has 19 heavy (non-hydrogen) atoms. The second kappa shape index (κ2) is 4.86. The van der Waals surface area contributed by atoms with E-state index < -0.39 is 0 Å². The number of carbonyl (C=O) groups is 1. The fourth-order valence-corrected chi connectivity index (χ4v) is 1.91. The molecule has 0 saturated heterocycles. The SMILES string of the molecule is O=Cc1ccc2c(/C=C/c3cccnc3)n[nH]c2c1. The van der Waals surface area contributed by atoms with Crippen LogP contribution in [0.1, 0.15) is 21.6 Å². The Hall–Kier alpha value is -2.75. The maximum absolute atomic E-state index is 10.7. The Balaban J connectivity index is 1.98. The molecule has 0 radical (unpaired) electrons. The van der Waals surface area contributed by atoms with E-state index >= 15 is 0 Å². The van der Waals surface area contributed by atoms with Gasteiger partial charge in [0.05, 0.1) is 11.2 Å². The van der Waals surface area contributed by atoms with Crippen LogP contribution >= 0.6 is 0 Å². The first-order chi connectivity index (χ1) is 9.36. The highest BCUT2D eigenvalue weighted by atomic mass is 16.1. The van der Waals surface area contributed by atoms with Crippen molar-refractivity contribution >= 4 is 29.3 Å². The van der Waals surface area contributed by atoms with E-state index in [1.165, 1.54) is 0 Å². The summed E-state index contributed by atoms with van der Waals surface area (Å²) in [4.78, 5) is 14.8. The van der Waals surface area contributed by atoms with Gasteiger partial charge in [-0.15, -0.1) is 0 Å². The number of H-pyrrole nitrogens is 1. The van der Waals surface area contributed by atoms with Crippen LogP contribution in [0.25, 0.3) is 23.1 Å². The molecule has 0 atom stereocenters. The molecule has 0 bridgehead atoms. The summed E-state index contributed by atoms with van der Waals surface area (Å²) in [6, 6.07) is 9.33. The smallest absolute Gasteiger partial charge is 0.150 e. The second-order valence-electron chi connectivity index (χ2n) is 4.15. The Morgan fingerprint density at radius 2 is 2.05 bits per heavy atom. The molecule has 3 rings (SSSR count). The van der Waals surface area contributed by atoms with Gasteiger partial charge in [-0.05, 0) is 29.8 Å². The number of benzene rings is 1. The third-order valence-electron chi connectivity index (χ3n) is 2.87. The molecule has 0 unspecified atom stereocenters. The van der Waals surface area contributed by atoms with Crippen LogP contribution in [0.15, 0.2) is 42.7 Å². The molecule has 3 aromatic rings. The van der Waals surface area contributed by atoms with Crippen molar-refractivity contribution in [2.45, 2.75) is 0 Å². The summed E-state index contributed by atoms with van der Waals surface area (Å²) in [6.07, 6.45) is 8.23. The monoisotopic (exact) mass is 249 g/mol. The summed E-state index contributed by atoms with van der Waals surface area (Å²) >= 11 is 0. The first-order valence-electron chi connectivity index (χ1n) is 5.88. The summed E-state index contributed by atoms with van der Waals surface area (Å²) in [5.41, 5.74) is 3.36. The summed E-state index contributed by atoms with van der Waals surface area (Å²) in [7, 11) is 0. The molecule has 92 valence electrons. The average molecular weight is 249 g/mol. The molecule has 0 spiro atoms. The van der Waals surface area contributed by atoms with Crippen LogP contribution in [0.3, 0.4) is 0 Å². The zero-order valence-corrected chi connectivity index (χ0v) is 10.1. The van der Waals surface area contributed by atoms with Crippen LogP contribution in [0, 0.1) is 0 Å². The number of aromatic nitrogens is 3. The molecule has 4 heteroatoms. The number of aldehydes is 1. The molecule has 0 amide bonds. The van der Waals surface area contributed by atoms with Crippen molar-refractivity contribution in [2.75, 3.05) is 0 Å². The fraction of sp³-hybridized carbons (Fsp3) is 0. The van der Waals surface area contributed by atoms with Crippen molar-refractivity contribution in [2.24, 2.45) is 0 Å². The van der Waals surface area contributed by atoms with Crippen LogP contribution in [-0.2, 0) is 0 Å². The number of nitrogens with zero attached hydrogens (tertiary/aromatic N) is 2. The molecular formula is C15H11N3O. The van der Waals surface area contributed by atoms with E-state index in [9.17, 15) is 4.79 Å². The minimum atomic E-state index is 0.638. The zero-order chi connectivity index (χ0) is 13.1. The van der Waals surface area contributed by atoms with Crippen molar-refractivity contribution in [3.8, 4) is 0 Å². The molecule has 1 N–H and O–H groups in total. The van der Waals surface area contributed by atoms with Gasteiger partial charge < -0.3 is 0 Å². The molecule has 0 aliphatic rings. The standard InChI is InChI=1S/C15H11N3O/c19-10-12-3-5-13-14(17-18-15(13)8-12)6-4-11-2-1-7-16-9-11/h1-10H,(H,17,18)/b6-4+. The highest BCUT2D eigenvalue weighted by Crippen LogP contribution is 2.18. The second-order valence-corrected chi connectivity index (χ2v) is 4.15. The molecule has 0 fully saturated rings. The lowest BCUT2D eigenvalue weighted by molar-refractivity contribution is 0.112. The van der Waals surface area contributed by atoms with Crippen molar-refractivity contribution in [1.82, 2.24) is 15.2 Å². The highest BCUT2D eigenvalue weighted by Gasteiger charge is 2.03. The molecule has 4 nitrogen and oxygen atoms in total. The maximum atomic E-state index is 10.7. The third-order valence-corrected chi connectivity index (χ3v) is 2.87. The first kappa shape index (κ1) is 11.3. The number of aromatic amines is 1. The molecule has 2 heterocycles. The van der Waals surface area contributed by atoms with Crippen LogP contribution in [0.5, 0.6) is 0 Å². The van der Waals surface area contributed by atoms with Gasteiger partial charge in [0.15, 0.2) is 0 Å². The van der Waals surface area contributed by atoms with Gasteiger partial charge >= 0.3 is 0 Å². The van der Waals surface area contributed by atoms with Gasteiger partial charge in [-0.3, -0.25) is 14.9 Å². The number of hydrogen-bond acceptors (Lipinski definition) is 3. The van der Waals surface area contributed by atoms with Crippen LogP contribution in [-0.4, -0.2) is 21.5 Å². The lowest BCUT2D eigenvalue weighted by atomic mass is 10.1. The lowest BCUT2D eigenvalue weighted by Gasteiger charge is -1.92. The molecule has 0 saturated carbocycles. The van der Waals surface area contributed by atoms with Gasteiger partial charge in [-0.2, -0.15) is 5.10 Å². The van der Waals surface area contributed by atoms with Gasteiger partial charge in [0.25, 0.3) is 0 Å². The number of rotatable bonds is 3. The topological polar surface area (TPSA) is 58.6 Å².